The molecule has 3 rings (SSSR count). The molecular weight excluding hydrogens is 294 g/mol. The molecule has 0 aliphatic rings. The highest BCUT2D eigenvalue weighted by Crippen LogP contribution is 2.27. The molecule has 120 valence electrons. The van der Waals surface area contributed by atoms with Gasteiger partial charge >= 0.3 is 0 Å². The molecule has 24 heavy (non-hydrogen) atoms. The predicted octanol–water partition coefficient (Wildman–Crippen LogP) is 4.21. The average molecular weight is 315 g/mol. The maximum atomic E-state index is 8.77. The Kier molecular flexibility index (Phi) is 5.15. The van der Waals surface area contributed by atoms with Crippen molar-refractivity contribution in [2.24, 2.45) is 0 Å². The van der Waals surface area contributed by atoms with Crippen LogP contribution < -0.4 is 4.90 Å². The van der Waals surface area contributed by atoms with E-state index in [4.69, 9.17) is 5.11 Å². The third kappa shape index (κ3) is 3.59. The SMILES string of the molecule is CCN(Cc1ccc(C#CCO)cc1)c1cccc2ccccc12. The number of fused-ring (bicyclic) bond motifs is 1. The maximum absolute atomic E-state index is 8.77. The van der Waals surface area contributed by atoms with E-state index in [1.165, 1.54) is 22.0 Å². The first-order valence-electron chi connectivity index (χ1n) is 8.23. The lowest BCUT2D eigenvalue weighted by molar-refractivity contribution is 0.350. The molecule has 0 saturated carbocycles. The second-order valence-electron chi connectivity index (χ2n) is 5.67. The van der Waals surface area contributed by atoms with E-state index in [1.807, 2.05) is 12.1 Å². The van der Waals surface area contributed by atoms with Crippen LogP contribution in [0, 0.1) is 11.8 Å². The zero-order chi connectivity index (χ0) is 16.8. The van der Waals surface area contributed by atoms with E-state index < -0.39 is 0 Å². The number of hydrogen-bond acceptors (Lipinski definition) is 2. The summed E-state index contributed by atoms with van der Waals surface area (Å²) in [7, 11) is 0. The van der Waals surface area contributed by atoms with E-state index in [2.05, 4.69) is 78.3 Å². The standard InChI is InChI=1S/C22H21NO/c1-2-23(17-19-14-12-18(13-15-19)7-6-16-24)22-11-5-9-20-8-3-4-10-21(20)22/h3-5,8-15,24H,2,16-17H2,1H3. The maximum Gasteiger partial charge on any atom is 0.104 e. The summed E-state index contributed by atoms with van der Waals surface area (Å²) in [6, 6.07) is 23.2. The number of aliphatic hydroxyl groups is 1. The van der Waals surface area contributed by atoms with E-state index in [0.717, 1.165) is 18.7 Å². The van der Waals surface area contributed by atoms with Crippen LogP contribution in [0.3, 0.4) is 0 Å². The lowest BCUT2D eigenvalue weighted by Gasteiger charge is -2.25. The summed E-state index contributed by atoms with van der Waals surface area (Å²) >= 11 is 0. The molecule has 0 radical (unpaired) electrons. The van der Waals surface area contributed by atoms with E-state index in [1.54, 1.807) is 0 Å². The molecule has 3 aromatic carbocycles. The molecule has 2 heteroatoms. The molecule has 0 aliphatic carbocycles. The summed E-state index contributed by atoms with van der Waals surface area (Å²) in [5, 5.41) is 11.3. The van der Waals surface area contributed by atoms with Crippen molar-refractivity contribution in [3.8, 4) is 11.8 Å². The molecule has 1 N–H and O–H groups in total. The first-order valence-corrected chi connectivity index (χ1v) is 8.23. The van der Waals surface area contributed by atoms with Crippen LogP contribution in [0.1, 0.15) is 18.1 Å². The summed E-state index contributed by atoms with van der Waals surface area (Å²) in [6.07, 6.45) is 0. The Morgan fingerprint density at radius 2 is 1.67 bits per heavy atom. The third-order valence-electron chi connectivity index (χ3n) is 4.13. The van der Waals surface area contributed by atoms with Gasteiger partial charge in [0.15, 0.2) is 0 Å². The smallest absolute Gasteiger partial charge is 0.104 e. The zero-order valence-electron chi connectivity index (χ0n) is 13.9. The zero-order valence-corrected chi connectivity index (χ0v) is 13.9. The number of aliphatic hydroxyl groups excluding tert-OH is 1. The van der Waals surface area contributed by atoms with Crippen molar-refractivity contribution in [1.29, 1.82) is 0 Å². The molecule has 3 aromatic rings. The number of nitrogens with zero attached hydrogens (tertiary/aromatic N) is 1. The number of benzene rings is 3. The van der Waals surface area contributed by atoms with Crippen molar-refractivity contribution in [2.75, 3.05) is 18.1 Å². The number of hydrogen-bond donors (Lipinski definition) is 1. The van der Waals surface area contributed by atoms with E-state index in [-0.39, 0.29) is 6.61 Å². The van der Waals surface area contributed by atoms with Gasteiger partial charge in [-0.15, -0.1) is 0 Å². The van der Waals surface area contributed by atoms with Crippen LogP contribution in [0.2, 0.25) is 0 Å². The van der Waals surface area contributed by atoms with Crippen molar-refractivity contribution < 1.29 is 5.11 Å². The Bertz CT molecular complexity index is 866. The van der Waals surface area contributed by atoms with Gasteiger partial charge in [0, 0.05) is 29.7 Å². The minimum absolute atomic E-state index is 0.105. The van der Waals surface area contributed by atoms with E-state index in [9.17, 15) is 0 Å². The molecule has 0 unspecified atom stereocenters. The summed E-state index contributed by atoms with van der Waals surface area (Å²) in [5.41, 5.74) is 3.44. The van der Waals surface area contributed by atoms with Crippen molar-refractivity contribution in [3.05, 3.63) is 77.9 Å². The van der Waals surface area contributed by atoms with Crippen LogP contribution in [-0.2, 0) is 6.54 Å². The molecule has 0 atom stereocenters. The van der Waals surface area contributed by atoms with Crippen molar-refractivity contribution in [3.63, 3.8) is 0 Å². The normalized spacial score (nSPS) is 10.2. The largest absolute Gasteiger partial charge is 0.384 e. The third-order valence-corrected chi connectivity index (χ3v) is 4.13. The highest BCUT2D eigenvalue weighted by molar-refractivity contribution is 5.94. The molecule has 0 amide bonds. The van der Waals surface area contributed by atoms with Gasteiger partial charge in [0.2, 0.25) is 0 Å². The van der Waals surface area contributed by atoms with Gasteiger partial charge in [-0.3, -0.25) is 0 Å². The van der Waals surface area contributed by atoms with Gasteiger partial charge in [-0.1, -0.05) is 60.4 Å². The molecule has 0 heterocycles. The van der Waals surface area contributed by atoms with Crippen molar-refractivity contribution in [2.45, 2.75) is 13.5 Å². The van der Waals surface area contributed by atoms with Gasteiger partial charge in [0.05, 0.1) is 0 Å². The van der Waals surface area contributed by atoms with Crippen molar-refractivity contribution in [1.82, 2.24) is 0 Å². The van der Waals surface area contributed by atoms with Crippen LogP contribution in [0.4, 0.5) is 5.69 Å². The second-order valence-corrected chi connectivity index (χ2v) is 5.67. The molecule has 0 bridgehead atoms. The number of rotatable bonds is 4. The fourth-order valence-corrected chi connectivity index (χ4v) is 2.91. The quantitative estimate of drug-likeness (QED) is 0.729. The van der Waals surface area contributed by atoms with Gasteiger partial charge in [-0.25, -0.2) is 0 Å². The molecule has 0 aliphatic heterocycles. The Morgan fingerprint density at radius 1 is 0.917 bits per heavy atom. The second kappa shape index (κ2) is 7.68. The fraction of sp³-hybridized carbons (Fsp3) is 0.182. The van der Waals surface area contributed by atoms with Gasteiger partial charge in [0.25, 0.3) is 0 Å². The van der Waals surface area contributed by atoms with E-state index in [0.29, 0.717) is 0 Å². The summed E-state index contributed by atoms with van der Waals surface area (Å²) < 4.78 is 0. The first kappa shape index (κ1) is 16.1. The summed E-state index contributed by atoms with van der Waals surface area (Å²) in [6.45, 7) is 3.88. The first-order chi connectivity index (χ1) is 11.8. The van der Waals surface area contributed by atoms with Gasteiger partial charge in [-0.05, 0) is 36.1 Å². The van der Waals surface area contributed by atoms with Crippen molar-refractivity contribution >= 4 is 16.5 Å². The highest BCUT2D eigenvalue weighted by Gasteiger charge is 2.09. The average Bonchev–Trinajstić information content (AvgIpc) is 2.65. The fourth-order valence-electron chi connectivity index (χ4n) is 2.91. The molecule has 0 saturated heterocycles. The predicted molar refractivity (Wildman–Crippen MR) is 101 cm³/mol. The van der Waals surface area contributed by atoms with Crippen LogP contribution >= 0.6 is 0 Å². The Morgan fingerprint density at radius 3 is 2.42 bits per heavy atom. The molecule has 0 fully saturated rings. The van der Waals surface area contributed by atoms with Crippen LogP contribution in [0.15, 0.2) is 66.7 Å². The van der Waals surface area contributed by atoms with Crippen LogP contribution in [-0.4, -0.2) is 18.3 Å². The van der Waals surface area contributed by atoms with Crippen LogP contribution in [0.5, 0.6) is 0 Å². The highest BCUT2D eigenvalue weighted by atomic mass is 16.2. The minimum Gasteiger partial charge on any atom is -0.384 e. The van der Waals surface area contributed by atoms with Gasteiger partial charge in [-0.2, -0.15) is 0 Å². The molecular formula is C22H21NO. The molecule has 0 spiro atoms. The summed E-state index contributed by atoms with van der Waals surface area (Å²) in [4.78, 5) is 2.39. The van der Waals surface area contributed by atoms with E-state index >= 15 is 0 Å². The van der Waals surface area contributed by atoms with Gasteiger partial charge in [0.1, 0.15) is 6.61 Å². The summed E-state index contributed by atoms with van der Waals surface area (Å²) in [5.74, 6) is 5.61. The Balaban J connectivity index is 1.86. The monoisotopic (exact) mass is 315 g/mol. The molecule has 2 nitrogen and oxygen atoms in total. The van der Waals surface area contributed by atoms with Crippen LogP contribution in [0.25, 0.3) is 10.8 Å². The Labute approximate surface area is 143 Å². The number of anilines is 1. The minimum atomic E-state index is -0.105. The molecule has 0 aromatic heterocycles. The lowest BCUT2D eigenvalue weighted by atomic mass is 10.1. The topological polar surface area (TPSA) is 23.5 Å². The lowest BCUT2D eigenvalue weighted by Crippen LogP contribution is -2.22. The van der Waals surface area contributed by atoms with Gasteiger partial charge < -0.3 is 10.0 Å². The Hall–Kier alpha value is -2.76.